The van der Waals surface area contributed by atoms with Gasteiger partial charge in [-0.1, -0.05) is 25.8 Å². The molecule has 1 saturated carbocycles. The monoisotopic (exact) mass is 369 g/mol. The van der Waals surface area contributed by atoms with E-state index in [1.54, 1.807) is 0 Å². The summed E-state index contributed by atoms with van der Waals surface area (Å²) < 4.78 is 6.54. The Kier molecular flexibility index (Phi) is 4.28. The number of fused-ring (bicyclic) bond motifs is 1. The van der Waals surface area contributed by atoms with Gasteiger partial charge in [0.15, 0.2) is 0 Å². The van der Waals surface area contributed by atoms with E-state index in [9.17, 15) is 4.79 Å². The van der Waals surface area contributed by atoms with E-state index in [1.165, 1.54) is 24.8 Å². The van der Waals surface area contributed by atoms with Crippen LogP contribution in [0, 0.1) is 17.3 Å². The van der Waals surface area contributed by atoms with Gasteiger partial charge in [0.25, 0.3) is 0 Å². The van der Waals surface area contributed by atoms with Crippen LogP contribution in [0.3, 0.4) is 0 Å². The Morgan fingerprint density at radius 3 is 3.00 bits per heavy atom. The molecule has 1 amide bonds. The average Bonchev–Trinajstić information content (AvgIpc) is 3.41. The van der Waals surface area contributed by atoms with Gasteiger partial charge in [-0.05, 0) is 37.3 Å². The molecule has 4 heterocycles. The molecule has 2 bridgehead atoms. The number of ether oxygens (including phenoxy) is 1. The van der Waals surface area contributed by atoms with E-state index in [4.69, 9.17) is 4.74 Å². The summed E-state index contributed by atoms with van der Waals surface area (Å²) >= 11 is 0. The standard InChI is InChI=1S/C22H31N3O2/c1-21(7-2-3-8-21)20(26)24-12-17-18-14-25(13-16-5-4-10-23-11-16)15-22(18)9-6-19(17)27-22/h4-5,10-11,17-19H,2-3,6-9,12-15H2,1H3,(H,24,26)/t17-,18+,19+,22+/m0/s1. The molecule has 5 nitrogen and oxygen atoms in total. The summed E-state index contributed by atoms with van der Waals surface area (Å²) in [6, 6.07) is 4.16. The maximum absolute atomic E-state index is 12.8. The van der Waals surface area contributed by atoms with Crippen LogP contribution < -0.4 is 5.32 Å². The first-order chi connectivity index (χ1) is 13.1. The zero-order valence-corrected chi connectivity index (χ0v) is 16.3. The lowest BCUT2D eigenvalue weighted by Crippen LogP contribution is -2.45. The molecule has 3 aliphatic heterocycles. The molecule has 1 aromatic heterocycles. The predicted molar refractivity (Wildman–Crippen MR) is 103 cm³/mol. The number of likely N-dealkylation sites (tertiary alicyclic amines) is 1. The summed E-state index contributed by atoms with van der Waals surface area (Å²) in [7, 11) is 0. The van der Waals surface area contributed by atoms with E-state index in [2.05, 4.69) is 28.2 Å². The van der Waals surface area contributed by atoms with Crippen LogP contribution in [0.4, 0.5) is 0 Å². The number of rotatable bonds is 5. The number of carbonyl (C=O) groups is 1. The van der Waals surface area contributed by atoms with Crippen molar-refractivity contribution in [2.75, 3.05) is 19.6 Å². The van der Waals surface area contributed by atoms with Gasteiger partial charge in [-0.25, -0.2) is 0 Å². The van der Waals surface area contributed by atoms with E-state index in [1.807, 2.05) is 18.5 Å². The number of nitrogens with one attached hydrogen (secondary N) is 1. The summed E-state index contributed by atoms with van der Waals surface area (Å²) in [6.07, 6.45) is 10.9. The topological polar surface area (TPSA) is 54.5 Å². The van der Waals surface area contributed by atoms with E-state index < -0.39 is 0 Å². The Morgan fingerprint density at radius 1 is 1.37 bits per heavy atom. The number of hydrogen-bond donors (Lipinski definition) is 1. The molecule has 1 spiro atoms. The lowest BCUT2D eigenvalue weighted by atomic mass is 9.73. The van der Waals surface area contributed by atoms with Gasteiger partial charge >= 0.3 is 0 Å². The molecule has 5 heteroatoms. The van der Waals surface area contributed by atoms with Crippen molar-refractivity contribution in [1.29, 1.82) is 0 Å². The minimum Gasteiger partial charge on any atom is -0.370 e. The number of amides is 1. The fourth-order valence-corrected chi connectivity index (χ4v) is 6.24. The lowest BCUT2D eigenvalue weighted by Gasteiger charge is -2.31. The lowest BCUT2D eigenvalue weighted by molar-refractivity contribution is -0.130. The minimum absolute atomic E-state index is 0.0273. The van der Waals surface area contributed by atoms with E-state index in [0.717, 1.165) is 45.4 Å². The number of nitrogens with zero attached hydrogens (tertiary/aromatic N) is 2. The summed E-state index contributed by atoms with van der Waals surface area (Å²) in [5.74, 6) is 1.28. The van der Waals surface area contributed by atoms with E-state index in [-0.39, 0.29) is 16.9 Å². The number of aromatic nitrogens is 1. The average molecular weight is 370 g/mol. The fraction of sp³-hybridized carbons (Fsp3) is 0.727. The van der Waals surface area contributed by atoms with E-state index in [0.29, 0.717) is 17.9 Å². The highest BCUT2D eigenvalue weighted by Gasteiger charge is 2.62. The molecular formula is C22H31N3O2. The Bertz CT molecular complexity index is 703. The molecule has 1 aromatic rings. The highest BCUT2D eigenvalue weighted by atomic mass is 16.5. The van der Waals surface area contributed by atoms with Crippen molar-refractivity contribution in [2.45, 2.75) is 63.7 Å². The van der Waals surface area contributed by atoms with Crippen LogP contribution in [0.1, 0.15) is 51.0 Å². The molecule has 0 aromatic carbocycles. The van der Waals surface area contributed by atoms with Crippen LogP contribution in [-0.4, -0.2) is 47.1 Å². The molecule has 146 valence electrons. The van der Waals surface area contributed by atoms with Crippen molar-refractivity contribution in [3.8, 4) is 0 Å². The Balaban J connectivity index is 1.24. The van der Waals surface area contributed by atoms with Crippen LogP contribution in [0.5, 0.6) is 0 Å². The second-order valence-electron chi connectivity index (χ2n) is 9.54. The van der Waals surface area contributed by atoms with Crippen molar-refractivity contribution >= 4 is 5.91 Å². The second-order valence-corrected chi connectivity index (χ2v) is 9.54. The molecule has 27 heavy (non-hydrogen) atoms. The van der Waals surface area contributed by atoms with Crippen LogP contribution in [0.2, 0.25) is 0 Å². The molecule has 5 rings (SSSR count). The first-order valence-corrected chi connectivity index (χ1v) is 10.7. The third kappa shape index (κ3) is 2.99. The van der Waals surface area contributed by atoms with Crippen molar-refractivity contribution in [3.63, 3.8) is 0 Å². The van der Waals surface area contributed by atoms with Gasteiger partial charge in [-0.2, -0.15) is 0 Å². The van der Waals surface area contributed by atoms with E-state index >= 15 is 0 Å². The van der Waals surface area contributed by atoms with Crippen molar-refractivity contribution in [1.82, 2.24) is 15.2 Å². The molecule has 1 N–H and O–H groups in total. The second kappa shape index (κ2) is 6.56. The third-order valence-electron chi connectivity index (χ3n) is 7.74. The Labute approximate surface area is 161 Å². The highest BCUT2D eigenvalue weighted by Crippen LogP contribution is 2.54. The zero-order valence-electron chi connectivity index (χ0n) is 16.3. The van der Waals surface area contributed by atoms with Gasteiger partial charge < -0.3 is 10.1 Å². The highest BCUT2D eigenvalue weighted by molar-refractivity contribution is 5.82. The number of carbonyl (C=O) groups excluding carboxylic acids is 1. The SMILES string of the molecule is CC1(C(=O)NC[C@H]2[C@H]3CN(Cc4cccnc4)C[C@]34CC[C@H]2O4)CCCC1. The van der Waals surface area contributed by atoms with Crippen LogP contribution in [-0.2, 0) is 16.1 Å². The molecular weight excluding hydrogens is 338 g/mol. The Morgan fingerprint density at radius 2 is 2.22 bits per heavy atom. The molecule has 4 fully saturated rings. The van der Waals surface area contributed by atoms with Crippen LogP contribution in [0.25, 0.3) is 0 Å². The summed E-state index contributed by atoms with van der Waals surface area (Å²) in [5, 5.41) is 3.32. The molecule has 4 atom stereocenters. The van der Waals surface area contributed by atoms with Crippen LogP contribution >= 0.6 is 0 Å². The van der Waals surface area contributed by atoms with Crippen molar-refractivity contribution in [3.05, 3.63) is 30.1 Å². The first-order valence-electron chi connectivity index (χ1n) is 10.7. The summed E-state index contributed by atoms with van der Waals surface area (Å²) in [5.41, 5.74) is 1.15. The van der Waals surface area contributed by atoms with Gasteiger partial charge in [0, 0.05) is 55.8 Å². The normalized spacial score (nSPS) is 36.9. The van der Waals surface area contributed by atoms with Gasteiger partial charge in [-0.3, -0.25) is 14.7 Å². The molecule has 4 aliphatic rings. The first kappa shape index (κ1) is 17.6. The fourth-order valence-electron chi connectivity index (χ4n) is 6.24. The maximum Gasteiger partial charge on any atom is 0.225 e. The Hall–Kier alpha value is -1.46. The maximum atomic E-state index is 12.8. The summed E-state index contributed by atoms with van der Waals surface area (Å²) in [4.78, 5) is 19.5. The van der Waals surface area contributed by atoms with Gasteiger partial charge in [-0.15, -0.1) is 0 Å². The molecule has 1 aliphatic carbocycles. The molecule has 0 unspecified atom stereocenters. The minimum atomic E-state index is -0.141. The van der Waals surface area contributed by atoms with Gasteiger partial charge in [0.05, 0.1) is 11.7 Å². The van der Waals surface area contributed by atoms with Crippen LogP contribution in [0.15, 0.2) is 24.5 Å². The smallest absolute Gasteiger partial charge is 0.225 e. The largest absolute Gasteiger partial charge is 0.370 e. The van der Waals surface area contributed by atoms with Crippen molar-refractivity contribution in [2.24, 2.45) is 17.3 Å². The summed E-state index contributed by atoms with van der Waals surface area (Å²) in [6.45, 7) is 5.96. The predicted octanol–water partition coefficient (Wildman–Crippen LogP) is 2.76. The number of pyridine rings is 1. The quantitative estimate of drug-likeness (QED) is 0.867. The van der Waals surface area contributed by atoms with Gasteiger partial charge in [0.1, 0.15) is 0 Å². The number of hydrogen-bond acceptors (Lipinski definition) is 4. The molecule has 0 radical (unpaired) electrons. The van der Waals surface area contributed by atoms with Gasteiger partial charge in [0.2, 0.25) is 5.91 Å². The zero-order chi connectivity index (χ0) is 18.5. The van der Waals surface area contributed by atoms with Crippen molar-refractivity contribution < 1.29 is 9.53 Å². The third-order valence-corrected chi connectivity index (χ3v) is 7.74. The molecule has 3 saturated heterocycles.